The van der Waals surface area contributed by atoms with Crippen LogP contribution in [-0.2, 0) is 0 Å². The summed E-state index contributed by atoms with van der Waals surface area (Å²) in [6.07, 6.45) is 0. The minimum absolute atomic E-state index is 0.128. The second-order valence-electron chi connectivity index (χ2n) is 6.28. The molecule has 0 heterocycles. The Hall–Kier alpha value is -0.480. The lowest BCUT2D eigenvalue weighted by Gasteiger charge is -2.24. The first-order valence-corrected chi connectivity index (χ1v) is 5.29. The van der Waals surface area contributed by atoms with E-state index in [0.29, 0.717) is 5.41 Å². The van der Waals surface area contributed by atoms with Gasteiger partial charge in [0.25, 0.3) is 0 Å². The van der Waals surface area contributed by atoms with Gasteiger partial charge in [-0.25, -0.2) is 0 Å². The molecule has 0 saturated carbocycles. The molecule has 0 fully saturated rings. The summed E-state index contributed by atoms with van der Waals surface area (Å²) in [5.41, 5.74) is 0.487. The molecule has 0 spiro atoms. The lowest BCUT2D eigenvalue weighted by Crippen LogP contribution is -2.29. The van der Waals surface area contributed by atoms with E-state index >= 15 is 0 Å². The van der Waals surface area contributed by atoms with Crippen molar-refractivity contribution in [3.63, 3.8) is 0 Å². The average molecular weight is 195 g/mol. The van der Waals surface area contributed by atoms with Crippen molar-refractivity contribution in [3.05, 3.63) is 0 Å². The molecular weight excluding hydrogens is 170 g/mol. The van der Waals surface area contributed by atoms with Crippen molar-refractivity contribution in [3.8, 4) is 11.8 Å². The molecule has 1 nitrogen and oxygen atoms in total. The van der Waals surface area contributed by atoms with Gasteiger partial charge < -0.3 is 0 Å². The lowest BCUT2D eigenvalue weighted by atomic mass is 9.96. The molecule has 0 unspecified atom stereocenters. The molecule has 0 amide bonds. The van der Waals surface area contributed by atoms with E-state index in [2.05, 4.69) is 65.3 Å². The van der Waals surface area contributed by atoms with E-state index in [0.717, 1.165) is 13.1 Å². The Morgan fingerprint density at radius 1 is 1.00 bits per heavy atom. The van der Waals surface area contributed by atoms with Crippen molar-refractivity contribution in [2.24, 2.45) is 10.8 Å². The Balaban J connectivity index is 3.96. The molecule has 0 bridgehead atoms. The van der Waals surface area contributed by atoms with Gasteiger partial charge in [0.15, 0.2) is 0 Å². The fraction of sp³-hybridized carbons (Fsp3) is 0.846. The molecular formula is C13H25N. The molecule has 14 heavy (non-hydrogen) atoms. The molecule has 0 aliphatic carbocycles. The number of hydrogen-bond acceptors (Lipinski definition) is 1. The van der Waals surface area contributed by atoms with Crippen LogP contribution < -0.4 is 0 Å². The molecule has 0 aliphatic rings. The van der Waals surface area contributed by atoms with Gasteiger partial charge in [-0.15, -0.1) is 0 Å². The number of nitrogens with zero attached hydrogens (tertiary/aromatic N) is 1. The smallest absolute Gasteiger partial charge is 0.0599 e. The quantitative estimate of drug-likeness (QED) is 0.612. The molecule has 82 valence electrons. The predicted molar refractivity (Wildman–Crippen MR) is 64.2 cm³/mol. The first-order chi connectivity index (χ1) is 6.10. The van der Waals surface area contributed by atoms with Crippen molar-refractivity contribution in [2.45, 2.75) is 41.5 Å². The van der Waals surface area contributed by atoms with Crippen LogP contribution in [0.5, 0.6) is 0 Å². The third kappa shape index (κ3) is 9.61. The van der Waals surface area contributed by atoms with E-state index in [1.54, 1.807) is 0 Å². The zero-order valence-corrected chi connectivity index (χ0v) is 10.9. The largest absolute Gasteiger partial charge is 0.295 e. The molecule has 0 aliphatic heterocycles. The van der Waals surface area contributed by atoms with Gasteiger partial charge in [-0.2, -0.15) is 0 Å². The van der Waals surface area contributed by atoms with Crippen molar-refractivity contribution >= 4 is 0 Å². The Morgan fingerprint density at radius 2 is 1.50 bits per heavy atom. The van der Waals surface area contributed by atoms with Gasteiger partial charge in [-0.05, 0) is 33.2 Å². The second kappa shape index (κ2) is 4.84. The summed E-state index contributed by atoms with van der Waals surface area (Å²) < 4.78 is 0. The standard InChI is InChI=1S/C13H25N/c1-12(2,3)9-8-10-14(7)11-13(4,5)6/h10-11H2,1-7H3. The van der Waals surface area contributed by atoms with E-state index in [1.165, 1.54) is 0 Å². The van der Waals surface area contributed by atoms with Gasteiger partial charge in [0.1, 0.15) is 0 Å². The molecule has 0 saturated heterocycles. The fourth-order valence-electron chi connectivity index (χ4n) is 1.31. The zero-order valence-electron chi connectivity index (χ0n) is 10.9. The third-order valence-electron chi connectivity index (χ3n) is 1.56. The van der Waals surface area contributed by atoms with Crippen molar-refractivity contribution < 1.29 is 0 Å². The molecule has 1 heteroatoms. The summed E-state index contributed by atoms with van der Waals surface area (Å²) in [5.74, 6) is 6.47. The highest BCUT2D eigenvalue weighted by atomic mass is 15.1. The Labute approximate surface area is 89.9 Å². The maximum atomic E-state index is 3.25. The van der Waals surface area contributed by atoms with Crippen LogP contribution >= 0.6 is 0 Å². The van der Waals surface area contributed by atoms with Gasteiger partial charge in [-0.3, -0.25) is 4.90 Å². The van der Waals surface area contributed by atoms with Gasteiger partial charge in [0.2, 0.25) is 0 Å². The van der Waals surface area contributed by atoms with Crippen LogP contribution in [0.4, 0.5) is 0 Å². The first-order valence-electron chi connectivity index (χ1n) is 5.29. The van der Waals surface area contributed by atoms with Crippen LogP contribution in [0.15, 0.2) is 0 Å². The van der Waals surface area contributed by atoms with Gasteiger partial charge in [0, 0.05) is 12.0 Å². The minimum atomic E-state index is 0.128. The van der Waals surface area contributed by atoms with Gasteiger partial charge in [0.05, 0.1) is 6.54 Å². The molecule has 0 aromatic heterocycles. The summed E-state index contributed by atoms with van der Waals surface area (Å²) in [4.78, 5) is 2.28. The molecule has 0 atom stereocenters. The predicted octanol–water partition coefficient (Wildman–Crippen LogP) is 3.01. The average Bonchev–Trinajstić information content (AvgIpc) is 1.78. The van der Waals surface area contributed by atoms with E-state index in [9.17, 15) is 0 Å². The van der Waals surface area contributed by atoms with E-state index in [1.807, 2.05) is 0 Å². The monoisotopic (exact) mass is 195 g/mol. The summed E-state index contributed by atoms with van der Waals surface area (Å²) in [7, 11) is 2.13. The Kier molecular flexibility index (Phi) is 4.68. The van der Waals surface area contributed by atoms with Crippen LogP contribution in [0.2, 0.25) is 0 Å². The number of rotatable bonds is 2. The maximum absolute atomic E-state index is 3.25. The Morgan fingerprint density at radius 3 is 1.86 bits per heavy atom. The van der Waals surface area contributed by atoms with E-state index in [-0.39, 0.29) is 5.41 Å². The van der Waals surface area contributed by atoms with E-state index < -0.39 is 0 Å². The Bertz CT molecular complexity index is 216. The minimum Gasteiger partial charge on any atom is -0.295 e. The highest BCUT2D eigenvalue weighted by Gasteiger charge is 2.12. The van der Waals surface area contributed by atoms with Crippen LogP contribution in [0.25, 0.3) is 0 Å². The van der Waals surface area contributed by atoms with Gasteiger partial charge in [-0.1, -0.05) is 32.6 Å². The molecule has 0 aromatic carbocycles. The third-order valence-corrected chi connectivity index (χ3v) is 1.56. The summed E-state index contributed by atoms with van der Waals surface area (Å²) in [5, 5.41) is 0. The number of hydrogen-bond donors (Lipinski definition) is 0. The topological polar surface area (TPSA) is 3.24 Å². The zero-order chi connectivity index (χ0) is 11.4. The lowest BCUT2D eigenvalue weighted by molar-refractivity contribution is 0.247. The first kappa shape index (κ1) is 13.5. The van der Waals surface area contributed by atoms with Crippen LogP contribution in [0, 0.1) is 22.7 Å². The van der Waals surface area contributed by atoms with Crippen LogP contribution in [0.1, 0.15) is 41.5 Å². The highest BCUT2D eigenvalue weighted by Crippen LogP contribution is 2.14. The van der Waals surface area contributed by atoms with Crippen molar-refractivity contribution in [1.29, 1.82) is 0 Å². The summed E-state index contributed by atoms with van der Waals surface area (Å²) in [6, 6.07) is 0. The molecule has 0 radical (unpaired) electrons. The summed E-state index contributed by atoms with van der Waals surface area (Å²) in [6.45, 7) is 15.1. The fourth-order valence-corrected chi connectivity index (χ4v) is 1.31. The highest BCUT2D eigenvalue weighted by molar-refractivity contribution is 5.08. The van der Waals surface area contributed by atoms with Gasteiger partial charge >= 0.3 is 0 Å². The van der Waals surface area contributed by atoms with Crippen molar-refractivity contribution in [1.82, 2.24) is 4.90 Å². The second-order valence-corrected chi connectivity index (χ2v) is 6.28. The van der Waals surface area contributed by atoms with Crippen molar-refractivity contribution in [2.75, 3.05) is 20.1 Å². The summed E-state index contributed by atoms with van der Waals surface area (Å²) >= 11 is 0. The van der Waals surface area contributed by atoms with E-state index in [4.69, 9.17) is 0 Å². The molecule has 0 aromatic rings. The van der Waals surface area contributed by atoms with Crippen LogP contribution in [-0.4, -0.2) is 25.0 Å². The molecule has 0 N–H and O–H groups in total. The molecule has 0 rings (SSSR count). The maximum Gasteiger partial charge on any atom is 0.0599 e. The van der Waals surface area contributed by atoms with Crippen LogP contribution in [0.3, 0.4) is 0 Å². The normalized spacial score (nSPS) is 12.6. The SMILES string of the molecule is CN(CC#CC(C)(C)C)CC(C)(C)C.